The predicted molar refractivity (Wildman–Crippen MR) is 119 cm³/mol. The molecule has 6 heteroatoms. The van der Waals surface area contributed by atoms with Crippen LogP contribution in [0.25, 0.3) is 11.1 Å². The normalized spacial score (nSPS) is 17.8. The molecule has 0 bridgehead atoms. The van der Waals surface area contributed by atoms with Crippen LogP contribution in [0.15, 0.2) is 61.2 Å². The molecule has 1 fully saturated rings. The number of nitrogens with zero attached hydrogens (tertiary/aromatic N) is 2. The van der Waals surface area contributed by atoms with Crippen LogP contribution in [-0.2, 0) is 9.59 Å². The van der Waals surface area contributed by atoms with Gasteiger partial charge in [0.25, 0.3) is 0 Å². The number of allylic oxidation sites excluding steroid dienone is 1. The van der Waals surface area contributed by atoms with E-state index in [0.717, 1.165) is 11.1 Å². The quantitative estimate of drug-likeness (QED) is 0.633. The molecule has 2 atom stereocenters. The van der Waals surface area contributed by atoms with Crippen LogP contribution in [-0.4, -0.2) is 42.5 Å². The van der Waals surface area contributed by atoms with Gasteiger partial charge < -0.3 is 15.0 Å². The van der Waals surface area contributed by atoms with Gasteiger partial charge in [0.05, 0.1) is 24.2 Å². The lowest BCUT2D eigenvalue weighted by atomic mass is 10.0. The number of nitriles is 1. The van der Waals surface area contributed by atoms with E-state index in [1.165, 1.54) is 0 Å². The van der Waals surface area contributed by atoms with Crippen molar-refractivity contribution in [1.82, 2.24) is 10.2 Å². The van der Waals surface area contributed by atoms with E-state index in [-0.39, 0.29) is 30.3 Å². The number of carbonyl (C=O) groups excluding carboxylic acids is 2. The van der Waals surface area contributed by atoms with E-state index in [1.807, 2.05) is 43.3 Å². The van der Waals surface area contributed by atoms with Crippen LogP contribution in [0, 0.1) is 17.2 Å². The van der Waals surface area contributed by atoms with Gasteiger partial charge in [-0.2, -0.15) is 5.26 Å². The van der Waals surface area contributed by atoms with Gasteiger partial charge in [0.15, 0.2) is 0 Å². The van der Waals surface area contributed by atoms with Crippen molar-refractivity contribution in [2.24, 2.45) is 5.92 Å². The zero-order valence-corrected chi connectivity index (χ0v) is 17.7. The van der Waals surface area contributed by atoms with Crippen molar-refractivity contribution in [3.8, 4) is 22.9 Å². The molecule has 2 amide bonds. The molecule has 31 heavy (non-hydrogen) atoms. The van der Waals surface area contributed by atoms with Gasteiger partial charge in [-0.3, -0.25) is 9.59 Å². The molecule has 3 rings (SSSR count). The first-order valence-corrected chi connectivity index (χ1v) is 10.5. The third kappa shape index (κ3) is 5.52. The molecule has 0 radical (unpaired) electrons. The molecule has 1 aliphatic rings. The molecule has 0 spiro atoms. The minimum atomic E-state index is -0.160. The topological polar surface area (TPSA) is 82.4 Å². The molecule has 0 aromatic heterocycles. The standard InChI is InChI=1S/C25H27N3O3/c1-3-5-21-14-22(28(25(21)30)16-24(29)27-4-2)17-31-23-12-10-20(11-13-23)19-8-6-18(15-26)7-9-19/h3,6-13,21-22H,1,4-5,14,16-17H2,2H3,(H,27,29)/t21-,22+/m1/s1. The Morgan fingerprint density at radius 1 is 1.23 bits per heavy atom. The largest absolute Gasteiger partial charge is 0.491 e. The SMILES string of the molecule is C=CC[C@@H]1C[C@@H](COc2ccc(-c3ccc(C#N)cc3)cc2)N(CC(=O)NCC)C1=O. The van der Waals surface area contributed by atoms with Gasteiger partial charge in [0.1, 0.15) is 12.4 Å². The lowest BCUT2D eigenvalue weighted by molar-refractivity contribution is -0.136. The summed E-state index contributed by atoms with van der Waals surface area (Å²) in [7, 11) is 0. The van der Waals surface area contributed by atoms with Crippen LogP contribution in [0.2, 0.25) is 0 Å². The van der Waals surface area contributed by atoms with Gasteiger partial charge in [-0.25, -0.2) is 0 Å². The maximum atomic E-state index is 12.7. The average Bonchev–Trinajstić information content (AvgIpc) is 3.07. The molecule has 160 valence electrons. The van der Waals surface area contributed by atoms with E-state index in [2.05, 4.69) is 18.0 Å². The van der Waals surface area contributed by atoms with Gasteiger partial charge in [-0.15, -0.1) is 6.58 Å². The molecular formula is C25H27N3O3. The number of hydrogen-bond acceptors (Lipinski definition) is 4. The van der Waals surface area contributed by atoms with Gasteiger partial charge in [-0.05, 0) is 55.2 Å². The van der Waals surface area contributed by atoms with E-state index < -0.39 is 0 Å². The molecule has 1 N–H and O–H groups in total. The zero-order valence-electron chi connectivity index (χ0n) is 17.7. The van der Waals surface area contributed by atoms with Gasteiger partial charge in [0, 0.05) is 12.5 Å². The number of benzene rings is 2. The smallest absolute Gasteiger partial charge is 0.239 e. The number of likely N-dealkylation sites (N-methyl/N-ethyl adjacent to an activating group) is 1. The number of nitrogens with one attached hydrogen (secondary N) is 1. The summed E-state index contributed by atoms with van der Waals surface area (Å²) in [5, 5.41) is 11.7. The second kappa shape index (κ2) is 10.4. The Balaban J connectivity index is 1.64. The minimum absolute atomic E-state index is 0.0177. The molecule has 0 aliphatic carbocycles. The predicted octanol–water partition coefficient (Wildman–Crippen LogP) is 3.53. The summed E-state index contributed by atoms with van der Waals surface area (Å²) in [4.78, 5) is 26.4. The Kier molecular flexibility index (Phi) is 7.45. The summed E-state index contributed by atoms with van der Waals surface area (Å²) >= 11 is 0. The van der Waals surface area contributed by atoms with Crippen LogP contribution in [0.3, 0.4) is 0 Å². The zero-order chi connectivity index (χ0) is 22.2. The maximum Gasteiger partial charge on any atom is 0.239 e. The van der Waals surface area contributed by atoms with Crippen LogP contribution in [0.1, 0.15) is 25.3 Å². The Hall–Kier alpha value is -3.59. The Morgan fingerprint density at radius 2 is 1.87 bits per heavy atom. The van der Waals surface area contributed by atoms with Crippen molar-refractivity contribution in [2.45, 2.75) is 25.8 Å². The summed E-state index contributed by atoms with van der Waals surface area (Å²) < 4.78 is 5.97. The van der Waals surface area contributed by atoms with E-state index >= 15 is 0 Å². The van der Waals surface area contributed by atoms with Gasteiger partial charge in [0.2, 0.25) is 11.8 Å². The van der Waals surface area contributed by atoms with Crippen molar-refractivity contribution < 1.29 is 14.3 Å². The highest BCUT2D eigenvalue weighted by atomic mass is 16.5. The Morgan fingerprint density at radius 3 is 2.45 bits per heavy atom. The summed E-state index contributed by atoms with van der Waals surface area (Å²) in [5.41, 5.74) is 2.67. The second-order valence-corrected chi connectivity index (χ2v) is 7.56. The van der Waals surface area contributed by atoms with E-state index in [9.17, 15) is 9.59 Å². The van der Waals surface area contributed by atoms with Crippen LogP contribution >= 0.6 is 0 Å². The van der Waals surface area contributed by atoms with Crippen molar-refractivity contribution >= 4 is 11.8 Å². The Labute approximate surface area is 183 Å². The fourth-order valence-electron chi connectivity index (χ4n) is 3.82. The lowest BCUT2D eigenvalue weighted by Gasteiger charge is -2.24. The number of likely N-dealkylation sites (tertiary alicyclic amines) is 1. The van der Waals surface area contributed by atoms with E-state index in [0.29, 0.717) is 37.3 Å². The van der Waals surface area contributed by atoms with Gasteiger partial charge >= 0.3 is 0 Å². The third-order valence-corrected chi connectivity index (χ3v) is 5.41. The number of hydrogen-bond donors (Lipinski definition) is 1. The first-order chi connectivity index (χ1) is 15.0. The third-order valence-electron chi connectivity index (χ3n) is 5.41. The summed E-state index contributed by atoms with van der Waals surface area (Å²) in [5.74, 6) is 0.372. The summed E-state index contributed by atoms with van der Waals surface area (Å²) in [6.07, 6.45) is 2.99. The van der Waals surface area contributed by atoms with Crippen LogP contribution in [0.4, 0.5) is 0 Å². The molecule has 1 heterocycles. The molecule has 0 saturated carbocycles. The fraction of sp³-hybridized carbons (Fsp3) is 0.320. The fourth-order valence-corrected chi connectivity index (χ4v) is 3.82. The average molecular weight is 418 g/mol. The first-order valence-electron chi connectivity index (χ1n) is 10.5. The molecule has 1 saturated heterocycles. The molecule has 2 aromatic rings. The van der Waals surface area contributed by atoms with Crippen molar-refractivity contribution in [1.29, 1.82) is 5.26 Å². The molecule has 1 aliphatic heterocycles. The van der Waals surface area contributed by atoms with Gasteiger partial charge in [-0.1, -0.05) is 30.3 Å². The van der Waals surface area contributed by atoms with Crippen LogP contribution < -0.4 is 10.1 Å². The van der Waals surface area contributed by atoms with Crippen molar-refractivity contribution in [3.63, 3.8) is 0 Å². The highest BCUT2D eigenvalue weighted by Crippen LogP contribution is 2.29. The molecule has 2 aromatic carbocycles. The molecule has 0 unspecified atom stereocenters. The number of rotatable bonds is 9. The number of ether oxygens (including phenoxy) is 1. The molecular weight excluding hydrogens is 390 g/mol. The van der Waals surface area contributed by atoms with Crippen molar-refractivity contribution in [2.75, 3.05) is 19.7 Å². The van der Waals surface area contributed by atoms with E-state index in [4.69, 9.17) is 10.00 Å². The van der Waals surface area contributed by atoms with E-state index in [1.54, 1.807) is 23.1 Å². The Bertz CT molecular complexity index is 961. The van der Waals surface area contributed by atoms with Crippen molar-refractivity contribution in [3.05, 3.63) is 66.7 Å². The highest BCUT2D eigenvalue weighted by molar-refractivity contribution is 5.87. The second-order valence-electron chi connectivity index (χ2n) is 7.56. The lowest BCUT2D eigenvalue weighted by Crippen LogP contribution is -2.44. The van der Waals surface area contributed by atoms with Crippen LogP contribution in [0.5, 0.6) is 5.75 Å². The minimum Gasteiger partial charge on any atom is -0.491 e. The summed E-state index contributed by atoms with van der Waals surface area (Å²) in [6, 6.07) is 17.1. The number of carbonyl (C=O) groups is 2. The maximum absolute atomic E-state index is 12.7. The first kappa shape index (κ1) is 22.1. The summed E-state index contributed by atoms with van der Waals surface area (Å²) in [6.45, 7) is 6.50. The monoisotopic (exact) mass is 417 g/mol. The highest BCUT2D eigenvalue weighted by Gasteiger charge is 2.39. The molecule has 6 nitrogen and oxygen atoms in total. The number of amides is 2.